The van der Waals surface area contributed by atoms with Crippen molar-refractivity contribution in [2.24, 2.45) is 0 Å². The number of aromatic nitrogens is 2. The molecule has 0 atom stereocenters. The van der Waals surface area contributed by atoms with Gasteiger partial charge in [-0.05, 0) is 44.0 Å². The lowest BCUT2D eigenvalue weighted by molar-refractivity contribution is 0.0761. The van der Waals surface area contributed by atoms with Crippen LogP contribution in [0.3, 0.4) is 0 Å². The maximum absolute atomic E-state index is 13.4. The predicted molar refractivity (Wildman–Crippen MR) is 130 cm³/mol. The largest absolute Gasteiger partial charge is 0.337 e. The number of hydrogen-bond acceptors (Lipinski definition) is 3. The van der Waals surface area contributed by atoms with Gasteiger partial charge in [0.1, 0.15) is 0 Å². The minimum Gasteiger partial charge on any atom is -0.337 e. The number of carbonyl (C=O) groups excluding carboxylic acids is 2. The number of benzene rings is 2. The highest BCUT2D eigenvalue weighted by molar-refractivity contribution is 6.30. The van der Waals surface area contributed by atoms with E-state index in [-0.39, 0.29) is 11.9 Å². The van der Waals surface area contributed by atoms with Crippen LogP contribution in [0.4, 0.5) is 10.5 Å². The fourth-order valence-electron chi connectivity index (χ4n) is 4.17. The van der Waals surface area contributed by atoms with E-state index in [2.05, 4.69) is 22.5 Å². The van der Waals surface area contributed by atoms with Gasteiger partial charge in [0.05, 0.1) is 17.8 Å². The fraction of sp³-hybridized carbons (Fsp3) is 0.320. The summed E-state index contributed by atoms with van der Waals surface area (Å²) in [7, 11) is 0. The van der Waals surface area contributed by atoms with Crippen molar-refractivity contribution in [3.05, 3.63) is 82.1 Å². The Morgan fingerprint density at radius 2 is 1.70 bits per heavy atom. The standard InChI is InChI=1S/C25H28ClN5O2/c1-18-23(19(2)31(28-18)17-20-8-4-3-5-9-20)24(32)29-12-7-13-30(15-14-29)25(33)27-22-11-6-10-21(26)16-22/h3-6,8-11,16H,7,12-15,17H2,1-2H3,(H,27,33). The first-order chi connectivity index (χ1) is 15.9. The second-order valence-corrected chi connectivity index (χ2v) is 8.70. The molecule has 2 aromatic carbocycles. The van der Waals surface area contributed by atoms with Crippen LogP contribution in [0.5, 0.6) is 0 Å². The molecule has 1 aromatic heterocycles. The van der Waals surface area contributed by atoms with E-state index in [4.69, 9.17) is 11.6 Å². The Balaban J connectivity index is 1.42. The Labute approximate surface area is 198 Å². The highest BCUT2D eigenvalue weighted by Gasteiger charge is 2.27. The number of nitrogens with one attached hydrogen (secondary N) is 1. The lowest BCUT2D eigenvalue weighted by Crippen LogP contribution is -2.39. The summed E-state index contributed by atoms with van der Waals surface area (Å²) >= 11 is 6.01. The van der Waals surface area contributed by atoms with Gasteiger partial charge in [-0.1, -0.05) is 48.0 Å². The average molecular weight is 466 g/mol. The van der Waals surface area contributed by atoms with Crippen LogP contribution in [0.15, 0.2) is 54.6 Å². The number of halogens is 1. The zero-order valence-corrected chi connectivity index (χ0v) is 19.7. The van der Waals surface area contributed by atoms with E-state index >= 15 is 0 Å². The molecular weight excluding hydrogens is 438 g/mol. The molecule has 33 heavy (non-hydrogen) atoms. The Hall–Kier alpha value is -3.32. The zero-order chi connectivity index (χ0) is 23.4. The molecule has 0 radical (unpaired) electrons. The van der Waals surface area contributed by atoms with Crippen molar-refractivity contribution in [2.75, 3.05) is 31.5 Å². The van der Waals surface area contributed by atoms with Gasteiger partial charge >= 0.3 is 6.03 Å². The molecule has 2 heterocycles. The Kier molecular flexibility index (Phi) is 6.99. The van der Waals surface area contributed by atoms with Crippen LogP contribution >= 0.6 is 11.6 Å². The molecule has 0 bridgehead atoms. The minimum absolute atomic E-state index is 0.0265. The van der Waals surface area contributed by atoms with Crippen molar-refractivity contribution < 1.29 is 9.59 Å². The first-order valence-electron chi connectivity index (χ1n) is 11.1. The van der Waals surface area contributed by atoms with Crippen LogP contribution in [-0.2, 0) is 6.54 Å². The van der Waals surface area contributed by atoms with Crippen LogP contribution in [-0.4, -0.2) is 57.7 Å². The monoisotopic (exact) mass is 465 g/mol. The van der Waals surface area contributed by atoms with Crippen LogP contribution in [0.25, 0.3) is 0 Å². The van der Waals surface area contributed by atoms with Crippen LogP contribution in [0.1, 0.15) is 33.7 Å². The molecule has 1 N–H and O–H groups in total. The van der Waals surface area contributed by atoms with E-state index in [1.54, 1.807) is 29.2 Å². The third-order valence-electron chi connectivity index (χ3n) is 5.92. The van der Waals surface area contributed by atoms with Gasteiger partial charge < -0.3 is 15.1 Å². The van der Waals surface area contributed by atoms with Crippen LogP contribution in [0, 0.1) is 13.8 Å². The molecule has 1 aliphatic rings. The van der Waals surface area contributed by atoms with Gasteiger partial charge in [0.2, 0.25) is 0 Å². The number of nitrogens with zero attached hydrogens (tertiary/aromatic N) is 4. The summed E-state index contributed by atoms with van der Waals surface area (Å²) in [6.07, 6.45) is 0.713. The van der Waals surface area contributed by atoms with Crippen molar-refractivity contribution in [1.29, 1.82) is 0 Å². The van der Waals surface area contributed by atoms with Crippen LogP contribution < -0.4 is 5.32 Å². The quantitative estimate of drug-likeness (QED) is 0.613. The molecule has 0 spiro atoms. The molecule has 0 saturated carbocycles. The van der Waals surface area contributed by atoms with Gasteiger partial charge in [0.25, 0.3) is 5.91 Å². The molecule has 7 nitrogen and oxygen atoms in total. The first kappa shape index (κ1) is 22.9. The third-order valence-corrected chi connectivity index (χ3v) is 6.15. The summed E-state index contributed by atoms with van der Waals surface area (Å²) in [5.74, 6) is -0.0265. The summed E-state index contributed by atoms with van der Waals surface area (Å²) < 4.78 is 1.89. The summed E-state index contributed by atoms with van der Waals surface area (Å²) in [6.45, 7) is 6.57. The van der Waals surface area contributed by atoms with Crippen molar-refractivity contribution in [3.63, 3.8) is 0 Å². The van der Waals surface area contributed by atoms with Crippen LogP contribution in [0.2, 0.25) is 5.02 Å². The van der Waals surface area contributed by atoms with Gasteiger partial charge in [0, 0.05) is 42.6 Å². The normalized spacial score (nSPS) is 14.2. The number of hydrogen-bond donors (Lipinski definition) is 1. The van der Waals surface area contributed by atoms with Gasteiger partial charge in [0.15, 0.2) is 0 Å². The summed E-state index contributed by atoms with van der Waals surface area (Å²) in [5, 5.41) is 8.08. The first-order valence-corrected chi connectivity index (χ1v) is 11.5. The molecule has 0 unspecified atom stereocenters. The molecule has 0 aliphatic carbocycles. The van der Waals surface area contributed by atoms with Crippen molar-refractivity contribution in [3.8, 4) is 0 Å². The summed E-state index contributed by atoms with van der Waals surface area (Å²) in [5.41, 5.74) is 4.04. The molecule has 3 aromatic rings. The molecule has 1 saturated heterocycles. The summed E-state index contributed by atoms with van der Waals surface area (Å²) in [6, 6.07) is 17.0. The van der Waals surface area contributed by atoms with Gasteiger partial charge in [-0.15, -0.1) is 0 Å². The molecule has 1 fully saturated rings. The highest BCUT2D eigenvalue weighted by Crippen LogP contribution is 2.19. The molecule has 8 heteroatoms. The van der Waals surface area contributed by atoms with Crippen molar-refractivity contribution >= 4 is 29.2 Å². The smallest absolute Gasteiger partial charge is 0.321 e. The number of aryl methyl sites for hydroxylation is 1. The zero-order valence-electron chi connectivity index (χ0n) is 18.9. The second-order valence-electron chi connectivity index (χ2n) is 8.26. The topological polar surface area (TPSA) is 70.5 Å². The average Bonchev–Trinajstić information content (AvgIpc) is 2.96. The Bertz CT molecular complexity index is 1140. The molecule has 172 valence electrons. The van der Waals surface area contributed by atoms with Gasteiger partial charge in [-0.2, -0.15) is 5.10 Å². The number of amides is 3. The molecule has 4 rings (SSSR count). The molecular formula is C25H28ClN5O2. The Morgan fingerprint density at radius 3 is 2.45 bits per heavy atom. The molecule has 1 aliphatic heterocycles. The van der Waals surface area contributed by atoms with Gasteiger partial charge in [-0.3, -0.25) is 9.48 Å². The highest BCUT2D eigenvalue weighted by atomic mass is 35.5. The van der Waals surface area contributed by atoms with E-state index in [1.807, 2.05) is 41.6 Å². The summed E-state index contributed by atoms with van der Waals surface area (Å²) in [4.78, 5) is 29.7. The Morgan fingerprint density at radius 1 is 0.970 bits per heavy atom. The maximum atomic E-state index is 13.4. The number of rotatable bonds is 4. The van der Waals surface area contributed by atoms with E-state index in [0.717, 1.165) is 17.0 Å². The van der Waals surface area contributed by atoms with E-state index in [9.17, 15) is 9.59 Å². The lowest BCUT2D eigenvalue weighted by atomic mass is 10.1. The number of anilines is 1. The number of carbonyl (C=O) groups is 2. The lowest BCUT2D eigenvalue weighted by Gasteiger charge is -2.22. The molecule has 3 amide bonds. The van der Waals surface area contributed by atoms with E-state index in [0.29, 0.717) is 55.4 Å². The van der Waals surface area contributed by atoms with E-state index < -0.39 is 0 Å². The van der Waals surface area contributed by atoms with E-state index in [1.165, 1.54) is 0 Å². The maximum Gasteiger partial charge on any atom is 0.321 e. The fourth-order valence-corrected chi connectivity index (χ4v) is 4.36. The SMILES string of the molecule is Cc1nn(Cc2ccccc2)c(C)c1C(=O)N1CCCN(C(=O)Nc2cccc(Cl)c2)CC1. The van der Waals surface area contributed by atoms with Crippen molar-refractivity contribution in [1.82, 2.24) is 19.6 Å². The third kappa shape index (κ3) is 5.37. The minimum atomic E-state index is -0.186. The predicted octanol–water partition coefficient (Wildman–Crippen LogP) is 4.58. The number of urea groups is 1. The second kappa shape index (κ2) is 10.1. The van der Waals surface area contributed by atoms with Gasteiger partial charge in [-0.25, -0.2) is 4.79 Å². The van der Waals surface area contributed by atoms with Crippen molar-refractivity contribution in [2.45, 2.75) is 26.8 Å².